The Bertz CT molecular complexity index is 1360. The van der Waals surface area contributed by atoms with Gasteiger partial charge < -0.3 is 33.9 Å². The lowest BCUT2D eigenvalue weighted by molar-refractivity contribution is -0.0000152. The molecule has 174 valence electrons. The number of carbonyl (C=O) groups excluding carboxylic acids is 1. The first-order chi connectivity index (χ1) is 15.7. The van der Waals surface area contributed by atoms with Crippen LogP contribution in [0.3, 0.4) is 0 Å². The number of nitriles is 1. The molecule has 0 unspecified atom stereocenters. The van der Waals surface area contributed by atoms with Crippen LogP contribution in [-0.2, 0) is 13.1 Å². The molecule has 0 bridgehead atoms. The number of nitrogens with zero attached hydrogens (tertiary/aromatic N) is 3. The minimum absolute atomic E-state index is 0. The lowest BCUT2D eigenvalue weighted by Gasteiger charge is -2.23. The van der Waals surface area contributed by atoms with Crippen molar-refractivity contribution in [2.75, 3.05) is 21.1 Å². The number of aromatic nitrogens is 1. The second-order valence-corrected chi connectivity index (χ2v) is 9.91. The maximum absolute atomic E-state index is 13.2. The molecule has 3 aromatic carbocycles. The third kappa shape index (κ3) is 5.87. The Labute approximate surface area is 225 Å². The van der Waals surface area contributed by atoms with E-state index in [1.807, 2.05) is 47.0 Å². The summed E-state index contributed by atoms with van der Waals surface area (Å²) in [6.07, 6.45) is 0. The zero-order valence-corrected chi connectivity index (χ0v) is 23.1. The largest absolute Gasteiger partial charge is 1.00 e. The molecule has 4 aromatic rings. The molecule has 5 nitrogen and oxygen atoms in total. The van der Waals surface area contributed by atoms with Crippen LogP contribution >= 0.6 is 15.9 Å². The van der Waals surface area contributed by atoms with Crippen molar-refractivity contribution in [3.8, 4) is 6.07 Å². The van der Waals surface area contributed by atoms with E-state index < -0.39 is 0 Å². The molecule has 0 saturated heterocycles. The van der Waals surface area contributed by atoms with Crippen molar-refractivity contribution in [1.82, 2.24) is 14.4 Å². The van der Waals surface area contributed by atoms with E-state index in [4.69, 9.17) is 0 Å². The molecular formula is C27H26BrIN4O. The van der Waals surface area contributed by atoms with Crippen molar-refractivity contribution in [2.24, 2.45) is 0 Å². The van der Waals surface area contributed by atoms with Gasteiger partial charge in [-0.25, -0.2) is 0 Å². The lowest BCUT2D eigenvalue weighted by atomic mass is 10.1. The molecule has 1 heterocycles. The Morgan fingerprint density at radius 2 is 1.74 bits per heavy atom. The average molecular weight is 629 g/mol. The summed E-state index contributed by atoms with van der Waals surface area (Å²) < 4.78 is 3.71. The van der Waals surface area contributed by atoms with Crippen molar-refractivity contribution in [3.05, 3.63) is 99.7 Å². The molecule has 1 N–H and O–H groups in total. The number of rotatable bonds is 6. The molecule has 0 aliphatic rings. The molecule has 1 amide bonds. The molecule has 0 fully saturated rings. The van der Waals surface area contributed by atoms with E-state index in [0.717, 1.165) is 31.0 Å². The van der Waals surface area contributed by atoms with Gasteiger partial charge in [0.1, 0.15) is 11.4 Å². The second kappa shape index (κ2) is 10.7. The number of benzene rings is 3. The van der Waals surface area contributed by atoms with Crippen molar-refractivity contribution < 1.29 is 28.8 Å². The van der Waals surface area contributed by atoms with E-state index in [9.17, 15) is 10.1 Å². The molecule has 7 heteroatoms. The van der Waals surface area contributed by atoms with Crippen molar-refractivity contribution >= 4 is 38.4 Å². The Hall–Kier alpha value is -2.67. The third-order valence-electron chi connectivity index (χ3n) is 5.66. The number of fused-ring (bicyclic) bond motifs is 1. The first kappa shape index (κ1) is 25.9. The summed E-state index contributed by atoms with van der Waals surface area (Å²) in [5.41, 5.74) is 5.39. The fourth-order valence-electron chi connectivity index (χ4n) is 3.86. The highest BCUT2D eigenvalue weighted by atomic mass is 127. The van der Waals surface area contributed by atoms with Crippen LogP contribution < -0.4 is 33.8 Å². The monoisotopic (exact) mass is 628 g/mol. The zero-order chi connectivity index (χ0) is 23.6. The molecule has 0 atom stereocenters. The van der Waals surface area contributed by atoms with Gasteiger partial charge in [-0.1, -0.05) is 40.2 Å². The summed E-state index contributed by atoms with van der Waals surface area (Å²) in [6, 6.07) is 25.9. The van der Waals surface area contributed by atoms with Crippen LogP contribution in [-0.4, -0.2) is 31.6 Å². The molecule has 0 saturated carbocycles. The van der Waals surface area contributed by atoms with Gasteiger partial charge in [-0.3, -0.25) is 9.28 Å². The van der Waals surface area contributed by atoms with E-state index in [-0.39, 0.29) is 29.9 Å². The predicted molar refractivity (Wildman–Crippen MR) is 137 cm³/mol. The van der Waals surface area contributed by atoms with Gasteiger partial charge in [-0.15, -0.1) is 0 Å². The highest BCUT2D eigenvalue weighted by Gasteiger charge is 2.17. The Kier molecular flexibility index (Phi) is 8.18. The summed E-state index contributed by atoms with van der Waals surface area (Å²) in [4.78, 5) is 13.2. The van der Waals surface area contributed by atoms with Crippen LogP contribution in [0.15, 0.2) is 77.3 Å². The average Bonchev–Trinajstić information content (AvgIpc) is 3.14. The van der Waals surface area contributed by atoms with Gasteiger partial charge >= 0.3 is 0 Å². The van der Waals surface area contributed by atoms with Crippen molar-refractivity contribution in [1.29, 1.82) is 5.26 Å². The first-order valence-electron chi connectivity index (χ1n) is 10.7. The quantitative estimate of drug-likeness (QED) is 0.264. The van der Waals surface area contributed by atoms with E-state index in [2.05, 4.69) is 72.7 Å². The van der Waals surface area contributed by atoms with E-state index in [1.165, 1.54) is 5.69 Å². The van der Waals surface area contributed by atoms with Crippen LogP contribution in [0, 0.1) is 11.3 Å². The number of carbonyl (C=O) groups is 1. The Morgan fingerprint density at radius 3 is 2.41 bits per heavy atom. The maximum Gasteiger partial charge on any atom is 0.268 e. The molecule has 4 rings (SSSR count). The predicted octanol–water partition coefficient (Wildman–Crippen LogP) is 2.45. The lowest BCUT2D eigenvalue weighted by Crippen LogP contribution is -3.00. The molecule has 34 heavy (non-hydrogen) atoms. The number of quaternary nitrogens is 1. The molecule has 0 radical (unpaired) electrons. The summed E-state index contributed by atoms with van der Waals surface area (Å²) in [7, 11) is 6.38. The van der Waals surface area contributed by atoms with E-state index >= 15 is 0 Å². The van der Waals surface area contributed by atoms with Crippen LogP contribution in [0.5, 0.6) is 0 Å². The van der Waals surface area contributed by atoms with Gasteiger partial charge in [0.05, 0.1) is 32.8 Å². The maximum atomic E-state index is 13.2. The topological polar surface area (TPSA) is 57.8 Å². The number of hydrogen-bond acceptors (Lipinski definition) is 2. The van der Waals surface area contributed by atoms with Crippen LogP contribution in [0.25, 0.3) is 10.9 Å². The van der Waals surface area contributed by atoms with Crippen LogP contribution in [0.1, 0.15) is 27.2 Å². The number of halogens is 2. The van der Waals surface area contributed by atoms with Crippen LogP contribution in [0.4, 0.5) is 5.69 Å². The molecular weight excluding hydrogens is 603 g/mol. The van der Waals surface area contributed by atoms with Crippen LogP contribution in [0.2, 0.25) is 0 Å². The molecule has 1 aromatic heterocycles. The fraction of sp³-hybridized carbons (Fsp3) is 0.185. The molecule has 0 aliphatic heterocycles. The van der Waals surface area contributed by atoms with Gasteiger partial charge in [0.2, 0.25) is 0 Å². The summed E-state index contributed by atoms with van der Waals surface area (Å²) in [5.74, 6) is -0.130. The standard InChI is InChI=1S/C27H25BrN4O.HI/c1-32(2,3)24-10-7-19(8-11-24)17-30-27(33)26-15-22-14-23(28)9-12-25(22)31(26)18-21-6-4-5-20(13-21)16-29;/h4-15H,17-18H2,1-3H3;1H. The minimum Gasteiger partial charge on any atom is -1.00 e. The number of hydrogen-bond donors (Lipinski definition) is 1. The van der Waals surface area contributed by atoms with Crippen molar-refractivity contribution in [2.45, 2.75) is 13.1 Å². The third-order valence-corrected chi connectivity index (χ3v) is 6.15. The highest BCUT2D eigenvalue weighted by molar-refractivity contribution is 9.10. The van der Waals surface area contributed by atoms with Gasteiger partial charge in [-0.05, 0) is 59.7 Å². The van der Waals surface area contributed by atoms with Gasteiger partial charge in [0.15, 0.2) is 0 Å². The highest BCUT2D eigenvalue weighted by Crippen LogP contribution is 2.25. The fourth-order valence-corrected chi connectivity index (χ4v) is 4.23. The number of amides is 1. The van der Waals surface area contributed by atoms with Crippen molar-refractivity contribution in [3.63, 3.8) is 0 Å². The van der Waals surface area contributed by atoms with E-state index in [1.54, 1.807) is 6.07 Å². The normalized spacial score (nSPS) is 11.0. The summed E-state index contributed by atoms with van der Waals surface area (Å²) >= 11 is 3.52. The van der Waals surface area contributed by atoms with E-state index in [0.29, 0.717) is 24.3 Å². The smallest absolute Gasteiger partial charge is 0.268 e. The SMILES string of the molecule is C[N+](C)(C)c1ccc(CNC(=O)c2cc3cc(Br)ccc3n2Cc2cccc(C#N)c2)cc1.[I-]. The second-order valence-electron chi connectivity index (χ2n) is 8.99. The number of nitrogens with one attached hydrogen (secondary N) is 1. The van der Waals surface area contributed by atoms with Gasteiger partial charge in [-0.2, -0.15) is 5.26 Å². The van der Waals surface area contributed by atoms with Gasteiger partial charge in [0.25, 0.3) is 5.91 Å². The molecule has 0 aliphatic carbocycles. The minimum atomic E-state index is -0.130. The Morgan fingerprint density at radius 1 is 1.00 bits per heavy atom. The summed E-state index contributed by atoms with van der Waals surface area (Å²) in [5, 5.41) is 13.3. The molecule has 0 spiro atoms. The summed E-state index contributed by atoms with van der Waals surface area (Å²) in [6.45, 7) is 0.951. The first-order valence-corrected chi connectivity index (χ1v) is 11.5. The Balaban J connectivity index is 0.00000324. The zero-order valence-electron chi connectivity index (χ0n) is 19.3. The van der Waals surface area contributed by atoms with Gasteiger partial charge in [0, 0.05) is 28.5 Å².